The molecule has 10 heavy (non-hydrogen) atoms. The lowest BCUT2D eigenvalue weighted by Crippen LogP contribution is -2.18. The molecule has 0 heterocycles. The standard InChI is InChI=1S/C6H15N.C3H8/c1-4-7-5-6(2)3;1-3-2/h6-7H,4-5H2,1-3H3;3H2,1-2H3. The summed E-state index contributed by atoms with van der Waals surface area (Å²) in [5.41, 5.74) is 0. The van der Waals surface area contributed by atoms with E-state index in [-0.39, 0.29) is 0 Å². The zero-order valence-corrected chi connectivity index (χ0v) is 8.20. The predicted molar refractivity (Wildman–Crippen MR) is 49.3 cm³/mol. The van der Waals surface area contributed by atoms with Crippen LogP contribution < -0.4 is 5.32 Å². The van der Waals surface area contributed by atoms with Gasteiger partial charge in [0.2, 0.25) is 0 Å². The molecule has 0 unspecified atom stereocenters. The number of hydrogen-bond donors (Lipinski definition) is 1. The Morgan fingerprint density at radius 1 is 1.10 bits per heavy atom. The molecule has 1 N–H and O–H groups in total. The maximum atomic E-state index is 3.25. The highest BCUT2D eigenvalue weighted by Gasteiger charge is 1.86. The highest BCUT2D eigenvalue weighted by Crippen LogP contribution is 1.84. The van der Waals surface area contributed by atoms with Crippen molar-refractivity contribution in [2.75, 3.05) is 13.1 Å². The summed E-state index contributed by atoms with van der Waals surface area (Å²) in [5.74, 6) is 0.792. The summed E-state index contributed by atoms with van der Waals surface area (Å²) >= 11 is 0. The van der Waals surface area contributed by atoms with Crippen LogP contribution in [0.2, 0.25) is 0 Å². The van der Waals surface area contributed by atoms with E-state index in [0.29, 0.717) is 0 Å². The van der Waals surface area contributed by atoms with E-state index in [1.165, 1.54) is 6.42 Å². The Labute approximate surface area is 66.2 Å². The van der Waals surface area contributed by atoms with E-state index < -0.39 is 0 Å². The Morgan fingerprint density at radius 2 is 1.50 bits per heavy atom. The summed E-state index contributed by atoms with van der Waals surface area (Å²) in [6.45, 7) is 13.0. The van der Waals surface area contributed by atoms with Gasteiger partial charge in [-0.2, -0.15) is 0 Å². The van der Waals surface area contributed by atoms with Gasteiger partial charge in [0.05, 0.1) is 0 Å². The van der Waals surface area contributed by atoms with Crippen molar-refractivity contribution in [3.8, 4) is 0 Å². The molecular weight excluding hydrogens is 122 g/mol. The smallest absolute Gasteiger partial charge is 0.00259 e. The van der Waals surface area contributed by atoms with Crippen LogP contribution in [0.5, 0.6) is 0 Å². The summed E-state index contributed by atoms with van der Waals surface area (Å²) in [6.07, 6.45) is 1.25. The third-order valence-electron chi connectivity index (χ3n) is 0.803. The van der Waals surface area contributed by atoms with Crippen LogP contribution in [-0.4, -0.2) is 13.1 Å². The van der Waals surface area contributed by atoms with Gasteiger partial charge in [0, 0.05) is 0 Å². The summed E-state index contributed by atoms with van der Waals surface area (Å²) in [4.78, 5) is 0. The predicted octanol–water partition coefficient (Wildman–Crippen LogP) is 2.67. The average Bonchev–Trinajstić information content (AvgIpc) is 1.85. The van der Waals surface area contributed by atoms with Crippen molar-refractivity contribution < 1.29 is 0 Å². The minimum atomic E-state index is 0.792. The molecule has 1 nitrogen and oxygen atoms in total. The first-order valence-electron chi connectivity index (χ1n) is 4.39. The maximum Gasteiger partial charge on any atom is -0.00259 e. The molecule has 0 rings (SSSR count). The lowest BCUT2D eigenvalue weighted by molar-refractivity contribution is 0.566. The number of hydrogen-bond acceptors (Lipinski definition) is 1. The monoisotopic (exact) mass is 145 g/mol. The van der Waals surface area contributed by atoms with Gasteiger partial charge >= 0.3 is 0 Å². The lowest BCUT2D eigenvalue weighted by Gasteiger charge is -2.01. The van der Waals surface area contributed by atoms with E-state index in [1.54, 1.807) is 0 Å². The Balaban J connectivity index is 0. The molecule has 0 aromatic heterocycles. The zero-order valence-electron chi connectivity index (χ0n) is 8.20. The summed E-state index contributed by atoms with van der Waals surface area (Å²) in [6, 6.07) is 0. The van der Waals surface area contributed by atoms with E-state index in [1.807, 2.05) is 0 Å². The molecule has 0 aromatic carbocycles. The quantitative estimate of drug-likeness (QED) is 0.644. The molecule has 1 heteroatoms. The van der Waals surface area contributed by atoms with E-state index in [2.05, 4.69) is 39.9 Å². The normalized spacial score (nSPS) is 9.00. The second kappa shape index (κ2) is 11.7. The molecule has 0 radical (unpaired) electrons. The molecule has 0 spiro atoms. The average molecular weight is 145 g/mol. The molecule has 0 aliphatic heterocycles. The van der Waals surface area contributed by atoms with Crippen molar-refractivity contribution >= 4 is 0 Å². The fourth-order valence-corrected chi connectivity index (χ4v) is 0.433. The van der Waals surface area contributed by atoms with Gasteiger partial charge in [0.15, 0.2) is 0 Å². The van der Waals surface area contributed by atoms with Gasteiger partial charge in [-0.25, -0.2) is 0 Å². The topological polar surface area (TPSA) is 12.0 Å². The van der Waals surface area contributed by atoms with E-state index in [0.717, 1.165) is 19.0 Å². The molecule has 0 saturated heterocycles. The second-order valence-electron chi connectivity index (χ2n) is 2.91. The number of rotatable bonds is 3. The van der Waals surface area contributed by atoms with E-state index in [9.17, 15) is 0 Å². The number of nitrogens with one attached hydrogen (secondary N) is 1. The van der Waals surface area contributed by atoms with Crippen molar-refractivity contribution in [1.82, 2.24) is 5.32 Å². The molecule has 0 aromatic rings. The van der Waals surface area contributed by atoms with Crippen LogP contribution in [0, 0.1) is 5.92 Å². The molecule has 0 fully saturated rings. The van der Waals surface area contributed by atoms with E-state index >= 15 is 0 Å². The summed E-state index contributed by atoms with van der Waals surface area (Å²) in [7, 11) is 0. The molecular formula is C9H23N. The zero-order chi connectivity index (χ0) is 8.41. The van der Waals surface area contributed by atoms with Crippen LogP contribution in [0.3, 0.4) is 0 Å². The molecule has 0 atom stereocenters. The Bertz CT molecular complexity index is 42.0. The van der Waals surface area contributed by atoms with Crippen molar-refractivity contribution in [2.24, 2.45) is 5.92 Å². The molecule has 0 amide bonds. The first kappa shape index (κ1) is 12.6. The summed E-state index contributed by atoms with van der Waals surface area (Å²) < 4.78 is 0. The molecule has 0 aliphatic carbocycles. The van der Waals surface area contributed by atoms with Crippen molar-refractivity contribution in [2.45, 2.75) is 41.0 Å². The second-order valence-corrected chi connectivity index (χ2v) is 2.91. The van der Waals surface area contributed by atoms with Gasteiger partial charge in [-0.15, -0.1) is 0 Å². The first-order chi connectivity index (χ1) is 4.68. The van der Waals surface area contributed by atoms with Crippen LogP contribution in [0.15, 0.2) is 0 Å². The molecule has 0 bridgehead atoms. The van der Waals surface area contributed by atoms with Crippen molar-refractivity contribution in [3.63, 3.8) is 0 Å². The van der Waals surface area contributed by atoms with Crippen LogP contribution in [-0.2, 0) is 0 Å². The fourth-order valence-electron chi connectivity index (χ4n) is 0.433. The third kappa shape index (κ3) is 24.6. The minimum Gasteiger partial charge on any atom is -0.317 e. The highest BCUT2D eigenvalue weighted by molar-refractivity contribution is 4.46. The van der Waals surface area contributed by atoms with E-state index in [4.69, 9.17) is 0 Å². The SMILES string of the molecule is CCC.CCNCC(C)C. The minimum absolute atomic E-state index is 0.792. The largest absolute Gasteiger partial charge is 0.317 e. The Kier molecular flexibility index (Phi) is 14.8. The summed E-state index contributed by atoms with van der Waals surface area (Å²) in [5, 5.41) is 3.25. The highest BCUT2D eigenvalue weighted by atomic mass is 14.8. The van der Waals surface area contributed by atoms with Gasteiger partial charge < -0.3 is 5.32 Å². The molecule has 0 aliphatic rings. The maximum absolute atomic E-state index is 3.25. The van der Waals surface area contributed by atoms with Crippen LogP contribution >= 0.6 is 0 Å². The molecule has 64 valence electrons. The molecule has 0 saturated carbocycles. The first-order valence-corrected chi connectivity index (χ1v) is 4.39. The van der Waals surface area contributed by atoms with Crippen molar-refractivity contribution in [3.05, 3.63) is 0 Å². The van der Waals surface area contributed by atoms with Gasteiger partial charge in [0.25, 0.3) is 0 Å². The van der Waals surface area contributed by atoms with Gasteiger partial charge in [0.1, 0.15) is 0 Å². The Hall–Kier alpha value is -0.0400. The van der Waals surface area contributed by atoms with Gasteiger partial charge in [-0.3, -0.25) is 0 Å². The van der Waals surface area contributed by atoms with Gasteiger partial charge in [-0.05, 0) is 19.0 Å². The van der Waals surface area contributed by atoms with Crippen LogP contribution in [0.1, 0.15) is 41.0 Å². The Morgan fingerprint density at radius 3 is 1.60 bits per heavy atom. The lowest BCUT2D eigenvalue weighted by atomic mass is 10.2. The fraction of sp³-hybridized carbons (Fsp3) is 1.00. The van der Waals surface area contributed by atoms with Gasteiger partial charge in [-0.1, -0.05) is 41.0 Å². The van der Waals surface area contributed by atoms with Crippen molar-refractivity contribution in [1.29, 1.82) is 0 Å². The third-order valence-corrected chi connectivity index (χ3v) is 0.803. The van der Waals surface area contributed by atoms with Crippen LogP contribution in [0.25, 0.3) is 0 Å². The van der Waals surface area contributed by atoms with Crippen LogP contribution in [0.4, 0.5) is 0 Å².